The highest BCUT2D eigenvalue weighted by atomic mass is 35.5. The van der Waals surface area contributed by atoms with Crippen molar-refractivity contribution in [3.8, 4) is 0 Å². The van der Waals surface area contributed by atoms with Crippen LogP contribution in [0.25, 0.3) is 10.9 Å². The van der Waals surface area contributed by atoms with Gasteiger partial charge in [-0.3, -0.25) is 4.90 Å². The van der Waals surface area contributed by atoms with Crippen LogP contribution in [-0.4, -0.2) is 41.2 Å². The number of methoxy groups -OCH3 is 1. The van der Waals surface area contributed by atoms with Crippen molar-refractivity contribution in [2.24, 2.45) is 0 Å². The number of nitrogen functional groups attached to an aromatic ring is 1. The summed E-state index contributed by atoms with van der Waals surface area (Å²) in [7, 11) is 1.76. The first-order chi connectivity index (χ1) is 10.2. The molecule has 21 heavy (non-hydrogen) atoms. The van der Waals surface area contributed by atoms with Crippen molar-refractivity contribution in [2.45, 2.75) is 25.5 Å². The third kappa shape index (κ3) is 3.26. The first-order valence-electron chi connectivity index (χ1n) is 7.12. The maximum Gasteiger partial charge on any atom is 0.145 e. The molecule has 1 aliphatic heterocycles. The summed E-state index contributed by atoms with van der Waals surface area (Å²) in [6.07, 6.45) is 2.54. The van der Waals surface area contributed by atoms with E-state index in [2.05, 4.69) is 14.9 Å². The number of halogens is 1. The van der Waals surface area contributed by atoms with Crippen LogP contribution in [0, 0.1) is 0 Å². The predicted octanol–water partition coefficient (Wildman–Crippen LogP) is 2.48. The van der Waals surface area contributed by atoms with Gasteiger partial charge in [-0.15, -0.1) is 0 Å². The van der Waals surface area contributed by atoms with Crippen LogP contribution < -0.4 is 5.73 Å². The predicted molar refractivity (Wildman–Crippen MR) is 84.3 cm³/mol. The van der Waals surface area contributed by atoms with Gasteiger partial charge >= 0.3 is 0 Å². The Morgan fingerprint density at radius 3 is 3.10 bits per heavy atom. The minimum Gasteiger partial charge on any atom is -0.383 e. The van der Waals surface area contributed by atoms with Gasteiger partial charge in [0.15, 0.2) is 0 Å². The fraction of sp³-hybridized carbons (Fsp3) is 0.467. The van der Waals surface area contributed by atoms with Crippen molar-refractivity contribution in [1.29, 1.82) is 0 Å². The zero-order valence-electron chi connectivity index (χ0n) is 12.1. The molecule has 1 atom stereocenters. The van der Waals surface area contributed by atoms with Crippen molar-refractivity contribution in [3.63, 3.8) is 0 Å². The molecule has 112 valence electrons. The van der Waals surface area contributed by atoms with Gasteiger partial charge in [-0.2, -0.15) is 0 Å². The second kappa shape index (κ2) is 6.13. The summed E-state index contributed by atoms with van der Waals surface area (Å²) in [4.78, 5) is 11.3. The van der Waals surface area contributed by atoms with Crippen LogP contribution in [0.5, 0.6) is 0 Å². The van der Waals surface area contributed by atoms with E-state index >= 15 is 0 Å². The van der Waals surface area contributed by atoms with Gasteiger partial charge < -0.3 is 10.5 Å². The molecule has 1 aliphatic rings. The van der Waals surface area contributed by atoms with Gasteiger partial charge in [-0.25, -0.2) is 9.97 Å². The van der Waals surface area contributed by atoms with Gasteiger partial charge in [0.1, 0.15) is 11.6 Å². The lowest BCUT2D eigenvalue weighted by Gasteiger charge is -2.31. The van der Waals surface area contributed by atoms with Crippen molar-refractivity contribution >= 4 is 28.3 Å². The van der Waals surface area contributed by atoms with Gasteiger partial charge in [0.25, 0.3) is 0 Å². The van der Waals surface area contributed by atoms with E-state index in [0.29, 0.717) is 23.5 Å². The molecule has 1 aromatic carbocycles. The molecule has 0 radical (unpaired) electrons. The molecular formula is C15H19ClN4O. The number of fused-ring (bicyclic) bond motifs is 1. The van der Waals surface area contributed by atoms with Crippen molar-refractivity contribution < 1.29 is 4.74 Å². The second-order valence-electron chi connectivity index (χ2n) is 5.42. The SMILES string of the molecule is COC1CCCN(Cc2nc(N)c3ccc(Cl)cc3n2)C1. The lowest BCUT2D eigenvalue weighted by atomic mass is 10.1. The number of nitrogens with zero attached hydrogens (tertiary/aromatic N) is 3. The number of aromatic nitrogens is 2. The fourth-order valence-electron chi connectivity index (χ4n) is 2.80. The molecule has 2 aromatic rings. The van der Waals surface area contributed by atoms with E-state index in [-0.39, 0.29) is 0 Å². The summed E-state index contributed by atoms with van der Waals surface area (Å²) in [5, 5.41) is 1.50. The molecule has 2 N–H and O–H groups in total. The minimum absolute atomic E-state index is 0.297. The van der Waals surface area contributed by atoms with E-state index in [1.165, 1.54) is 0 Å². The largest absolute Gasteiger partial charge is 0.383 e. The minimum atomic E-state index is 0.297. The topological polar surface area (TPSA) is 64.3 Å². The Kier molecular flexibility index (Phi) is 4.24. The Hall–Kier alpha value is -1.43. The molecule has 1 saturated heterocycles. The van der Waals surface area contributed by atoms with Crippen LogP contribution >= 0.6 is 11.6 Å². The Balaban J connectivity index is 1.83. The number of piperidine rings is 1. The fourth-order valence-corrected chi connectivity index (χ4v) is 2.96. The molecular weight excluding hydrogens is 288 g/mol. The highest BCUT2D eigenvalue weighted by Crippen LogP contribution is 2.22. The number of hydrogen-bond acceptors (Lipinski definition) is 5. The van der Waals surface area contributed by atoms with E-state index in [9.17, 15) is 0 Å². The third-order valence-corrected chi connectivity index (χ3v) is 4.13. The number of benzene rings is 1. The van der Waals surface area contributed by atoms with Crippen LogP contribution in [0.2, 0.25) is 5.02 Å². The van der Waals surface area contributed by atoms with E-state index in [0.717, 1.165) is 42.7 Å². The van der Waals surface area contributed by atoms with Gasteiger partial charge in [-0.05, 0) is 37.6 Å². The van der Waals surface area contributed by atoms with Gasteiger partial charge in [-0.1, -0.05) is 11.6 Å². The van der Waals surface area contributed by atoms with Gasteiger partial charge in [0, 0.05) is 24.1 Å². The zero-order valence-corrected chi connectivity index (χ0v) is 12.8. The zero-order chi connectivity index (χ0) is 14.8. The molecule has 0 spiro atoms. The lowest BCUT2D eigenvalue weighted by Crippen LogP contribution is -2.39. The smallest absolute Gasteiger partial charge is 0.145 e. The van der Waals surface area contributed by atoms with Crippen LogP contribution in [0.15, 0.2) is 18.2 Å². The number of rotatable bonds is 3. The van der Waals surface area contributed by atoms with Crippen LogP contribution in [0.4, 0.5) is 5.82 Å². The van der Waals surface area contributed by atoms with E-state index in [1.54, 1.807) is 13.2 Å². The lowest BCUT2D eigenvalue weighted by molar-refractivity contribution is 0.0277. The Morgan fingerprint density at radius 1 is 1.43 bits per heavy atom. The monoisotopic (exact) mass is 306 g/mol. The van der Waals surface area contributed by atoms with E-state index < -0.39 is 0 Å². The number of nitrogens with two attached hydrogens (primary N) is 1. The molecule has 2 heterocycles. The number of ether oxygens (including phenoxy) is 1. The first-order valence-corrected chi connectivity index (χ1v) is 7.50. The van der Waals surface area contributed by atoms with Crippen molar-refractivity contribution in [1.82, 2.24) is 14.9 Å². The summed E-state index contributed by atoms with van der Waals surface area (Å²) < 4.78 is 5.44. The average molecular weight is 307 g/mol. The van der Waals surface area contributed by atoms with Gasteiger partial charge in [0.05, 0.1) is 18.2 Å². The number of anilines is 1. The molecule has 3 rings (SSSR count). The van der Waals surface area contributed by atoms with Crippen LogP contribution in [0.3, 0.4) is 0 Å². The molecule has 0 aliphatic carbocycles. The summed E-state index contributed by atoms with van der Waals surface area (Å²) in [6, 6.07) is 5.49. The molecule has 0 amide bonds. The summed E-state index contributed by atoms with van der Waals surface area (Å²) >= 11 is 6.02. The quantitative estimate of drug-likeness (QED) is 0.944. The number of hydrogen-bond donors (Lipinski definition) is 1. The Morgan fingerprint density at radius 2 is 2.29 bits per heavy atom. The molecule has 0 saturated carbocycles. The Labute approximate surface area is 129 Å². The average Bonchev–Trinajstić information content (AvgIpc) is 2.47. The molecule has 0 bridgehead atoms. The second-order valence-corrected chi connectivity index (χ2v) is 5.86. The molecule has 5 nitrogen and oxygen atoms in total. The first kappa shape index (κ1) is 14.5. The maximum absolute atomic E-state index is 6.03. The summed E-state index contributed by atoms with van der Waals surface area (Å²) in [6.45, 7) is 2.64. The highest BCUT2D eigenvalue weighted by molar-refractivity contribution is 6.31. The van der Waals surface area contributed by atoms with Gasteiger partial charge in [0.2, 0.25) is 0 Å². The summed E-state index contributed by atoms with van der Waals surface area (Å²) in [5.74, 6) is 1.24. The highest BCUT2D eigenvalue weighted by Gasteiger charge is 2.20. The van der Waals surface area contributed by atoms with E-state index in [1.807, 2.05) is 12.1 Å². The molecule has 1 unspecified atom stereocenters. The van der Waals surface area contributed by atoms with E-state index in [4.69, 9.17) is 22.1 Å². The van der Waals surface area contributed by atoms with Crippen molar-refractivity contribution in [2.75, 3.05) is 25.9 Å². The Bertz CT molecular complexity index is 649. The summed E-state index contributed by atoms with van der Waals surface area (Å²) in [5.41, 5.74) is 6.82. The standard InChI is InChI=1S/C15H19ClN4O/c1-21-11-3-2-6-20(8-11)9-14-18-13-7-10(16)4-5-12(13)15(17)19-14/h4-5,7,11H,2-3,6,8-9H2,1H3,(H2,17,18,19). The number of likely N-dealkylation sites (tertiary alicyclic amines) is 1. The van der Waals surface area contributed by atoms with Crippen LogP contribution in [-0.2, 0) is 11.3 Å². The third-order valence-electron chi connectivity index (χ3n) is 3.90. The maximum atomic E-state index is 6.03. The molecule has 1 aromatic heterocycles. The normalized spacial score (nSPS) is 20.0. The van der Waals surface area contributed by atoms with Crippen LogP contribution in [0.1, 0.15) is 18.7 Å². The molecule has 6 heteroatoms. The molecule has 1 fully saturated rings. The van der Waals surface area contributed by atoms with Crippen molar-refractivity contribution in [3.05, 3.63) is 29.0 Å².